The second-order valence-electron chi connectivity index (χ2n) is 2.89. The molecule has 0 aliphatic heterocycles. The van der Waals surface area contributed by atoms with Gasteiger partial charge in [-0.2, -0.15) is 0 Å². The van der Waals surface area contributed by atoms with Gasteiger partial charge in [-0.05, 0) is 34.5 Å². The molecule has 0 N–H and O–H groups in total. The highest BCUT2D eigenvalue weighted by molar-refractivity contribution is 9.10. The van der Waals surface area contributed by atoms with E-state index >= 15 is 0 Å². The van der Waals surface area contributed by atoms with Gasteiger partial charge >= 0.3 is 0 Å². The molecular weight excluding hydrogens is 228 g/mol. The highest BCUT2D eigenvalue weighted by Crippen LogP contribution is 2.15. The highest BCUT2D eigenvalue weighted by Gasteiger charge is 1.99. The monoisotopic (exact) mass is 236 g/mol. The number of imidazole rings is 1. The van der Waals surface area contributed by atoms with Crippen LogP contribution in [0.4, 0.5) is 0 Å². The molecule has 13 heavy (non-hydrogen) atoms. The van der Waals surface area contributed by atoms with Crippen LogP contribution in [0.3, 0.4) is 0 Å². The molecule has 0 atom stereocenters. The second-order valence-corrected chi connectivity index (χ2v) is 3.70. The second kappa shape index (κ2) is 3.34. The van der Waals surface area contributed by atoms with Crippen LogP contribution in [0.25, 0.3) is 5.69 Å². The lowest BCUT2D eigenvalue weighted by atomic mass is 10.2. The topological polar surface area (TPSA) is 17.8 Å². The summed E-state index contributed by atoms with van der Waals surface area (Å²) in [5.41, 5.74) is 2.41. The van der Waals surface area contributed by atoms with E-state index in [-0.39, 0.29) is 0 Å². The Balaban J connectivity index is 2.52. The van der Waals surface area contributed by atoms with E-state index in [9.17, 15) is 0 Å². The maximum absolute atomic E-state index is 4.11. The molecule has 2 rings (SSSR count). The van der Waals surface area contributed by atoms with Crippen LogP contribution >= 0.6 is 15.9 Å². The molecule has 0 saturated carbocycles. The summed E-state index contributed by atoms with van der Waals surface area (Å²) in [5, 5.41) is 0. The van der Waals surface area contributed by atoms with Gasteiger partial charge in [-0.15, -0.1) is 0 Å². The highest BCUT2D eigenvalue weighted by atomic mass is 79.9. The van der Waals surface area contributed by atoms with E-state index < -0.39 is 0 Å². The summed E-state index contributed by atoms with van der Waals surface area (Å²) < 4.78 is 2.86. The van der Waals surface area contributed by atoms with E-state index in [2.05, 4.69) is 40.0 Å². The lowest BCUT2D eigenvalue weighted by Gasteiger charge is -2.04. The molecule has 0 fully saturated rings. The normalized spacial score (nSPS) is 10.3. The molecule has 0 unspecified atom stereocenters. The fourth-order valence-electron chi connectivity index (χ4n) is 1.28. The minimum atomic E-state index is 0.857. The summed E-state index contributed by atoms with van der Waals surface area (Å²) >= 11 is 3.32. The molecule has 0 aliphatic rings. The van der Waals surface area contributed by atoms with Gasteiger partial charge < -0.3 is 4.57 Å². The SMILES string of the molecule is Cc1ccccc1-n1cnc(Br)c1. The van der Waals surface area contributed by atoms with E-state index in [4.69, 9.17) is 0 Å². The average Bonchev–Trinajstić information content (AvgIpc) is 2.53. The van der Waals surface area contributed by atoms with Gasteiger partial charge in [0.2, 0.25) is 0 Å². The quantitative estimate of drug-likeness (QED) is 0.745. The molecule has 0 bridgehead atoms. The number of nitrogens with zero attached hydrogens (tertiary/aromatic N) is 2. The number of rotatable bonds is 1. The largest absolute Gasteiger partial charge is 0.305 e. The zero-order valence-electron chi connectivity index (χ0n) is 7.24. The third-order valence-electron chi connectivity index (χ3n) is 1.94. The molecule has 1 aromatic heterocycles. The maximum Gasteiger partial charge on any atom is 0.124 e. The summed E-state index contributed by atoms with van der Waals surface area (Å²) in [7, 11) is 0. The number of para-hydroxylation sites is 1. The van der Waals surface area contributed by atoms with Crippen molar-refractivity contribution in [1.29, 1.82) is 0 Å². The molecule has 2 aromatic rings. The van der Waals surface area contributed by atoms with E-state index in [0.717, 1.165) is 4.60 Å². The summed E-state index contributed by atoms with van der Waals surface area (Å²) in [6.07, 6.45) is 3.74. The molecule has 3 heteroatoms. The van der Waals surface area contributed by atoms with Crippen LogP contribution in [0.5, 0.6) is 0 Å². The maximum atomic E-state index is 4.11. The molecule has 1 aromatic carbocycles. The Morgan fingerprint density at radius 2 is 2.08 bits per heavy atom. The first-order valence-electron chi connectivity index (χ1n) is 4.03. The first kappa shape index (κ1) is 8.51. The van der Waals surface area contributed by atoms with Gasteiger partial charge in [0.05, 0.1) is 0 Å². The van der Waals surface area contributed by atoms with Crippen LogP contribution in [0, 0.1) is 6.92 Å². The van der Waals surface area contributed by atoms with Crippen molar-refractivity contribution in [3.8, 4) is 5.69 Å². The third kappa shape index (κ3) is 1.65. The molecule has 66 valence electrons. The smallest absolute Gasteiger partial charge is 0.124 e. The molecule has 0 aliphatic carbocycles. The van der Waals surface area contributed by atoms with Crippen LogP contribution in [0.2, 0.25) is 0 Å². The zero-order chi connectivity index (χ0) is 9.26. The zero-order valence-corrected chi connectivity index (χ0v) is 8.82. The Bertz CT molecular complexity index is 420. The van der Waals surface area contributed by atoms with Gasteiger partial charge in [0.25, 0.3) is 0 Å². The first-order chi connectivity index (χ1) is 6.27. The third-order valence-corrected chi connectivity index (χ3v) is 2.35. The fourth-order valence-corrected chi connectivity index (χ4v) is 1.60. The molecule has 0 spiro atoms. The van der Waals surface area contributed by atoms with Crippen LogP contribution in [-0.2, 0) is 0 Å². The number of hydrogen-bond donors (Lipinski definition) is 0. The minimum Gasteiger partial charge on any atom is -0.305 e. The molecule has 0 amide bonds. The number of aryl methyl sites for hydroxylation is 1. The Kier molecular flexibility index (Phi) is 2.19. The average molecular weight is 237 g/mol. The molecular formula is C10H9BrN2. The Morgan fingerprint density at radius 1 is 1.31 bits per heavy atom. The Labute approximate surface area is 85.4 Å². The minimum absolute atomic E-state index is 0.857. The van der Waals surface area contributed by atoms with Gasteiger partial charge in [0, 0.05) is 11.9 Å². The summed E-state index contributed by atoms with van der Waals surface area (Å²) in [6, 6.07) is 8.22. The molecule has 2 nitrogen and oxygen atoms in total. The summed E-state index contributed by atoms with van der Waals surface area (Å²) in [5.74, 6) is 0. The molecule has 1 heterocycles. The van der Waals surface area contributed by atoms with Gasteiger partial charge in [-0.1, -0.05) is 18.2 Å². The summed E-state index contributed by atoms with van der Waals surface area (Å²) in [4.78, 5) is 4.11. The van der Waals surface area contributed by atoms with Crippen molar-refractivity contribution >= 4 is 15.9 Å². The van der Waals surface area contributed by atoms with Crippen molar-refractivity contribution in [2.24, 2.45) is 0 Å². The first-order valence-corrected chi connectivity index (χ1v) is 4.82. The molecule has 0 radical (unpaired) electrons. The van der Waals surface area contributed by atoms with Gasteiger partial charge in [-0.3, -0.25) is 0 Å². The predicted molar refractivity (Wildman–Crippen MR) is 56.0 cm³/mol. The number of hydrogen-bond acceptors (Lipinski definition) is 1. The van der Waals surface area contributed by atoms with Crippen LogP contribution in [0.15, 0.2) is 41.4 Å². The van der Waals surface area contributed by atoms with Crippen LogP contribution < -0.4 is 0 Å². The lowest BCUT2D eigenvalue weighted by Crippen LogP contribution is -1.92. The van der Waals surface area contributed by atoms with Crippen LogP contribution in [0.1, 0.15) is 5.56 Å². The van der Waals surface area contributed by atoms with Gasteiger partial charge in [0.1, 0.15) is 10.9 Å². The predicted octanol–water partition coefficient (Wildman–Crippen LogP) is 2.94. The van der Waals surface area contributed by atoms with Crippen LogP contribution in [-0.4, -0.2) is 9.55 Å². The standard InChI is InChI=1S/C10H9BrN2/c1-8-4-2-3-5-9(8)13-6-10(11)12-7-13/h2-7H,1H3. The van der Waals surface area contributed by atoms with Crippen molar-refractivity contribution in [3.05, 3.63) is 47.0 Å². The van der Waals surface area contributed by atoms with E-state index in [0.29, 0.717) is 0 Å². The van der Waals surface area contributed by atoms with Crippen molar-refractivity contribution in [2.45, 2.75) is 6.92 Å². The number of aromatic nitrogens is 2. The number of benzene rings is 1. The Morgan fingerprint density at radius 3 is 2.69 bits per heavy atom. The Hall–Kier alpha value is -1.09. The van der Waals surface area contributed by atoms with Crippen molar-refractivity contribution in [3.63, 3.8) is 0 Å². The van der Waals surface area contributed by atoms with Gasteiger partial charge in [-0.25, -0.2) is 4.98 Å². The van der Waals surface area contributed by atoms with E-state index in [1.165, 1.54) is 11.3 Å². The van der Waals surface area contributed by atoms with E-state index in [1.807, 2.05) is 22.9 Å². The van der Waals surface area contributed by atoms with Crippen molar-refractivity contribution < 1.29 is 0 Å². The van der Waals surface area contributed by atoms with E-state index in [1.54, 1.807) is 6.33 Å². The number of halogens is 1. The summed E-state index contributed by atoms with van der Waals surface area (Å²) in [6.45, 7) is 2.09. The van der Waals surface area contributed by atoms with Gasteiger partial charge in [0.15, 0.2) is 0 Å². The lowest BCUT2D eigenvalue weighted by molar-refractivity contribution is 1.04. The fraction of sp³-hybridized carbons (Fsp3) is 0.100. The van der Waals surface area contributed by atoms with Crippen molar-refractivity contribution in [2.75, 3.05) is 0 Å². The van der Waals surface area contributed by atoms with Crippen molar-refractivity contribution in [1.82, 2.24) is 9.55 Å². The molecule has 0 saturated heterocycles.